The zero-order valence-electron chi connectivity index (χ0n) is 14.3. The van der Waals surface area contributed by atoms with Gasteiger partial charge in [-0.25, -0.2) is 15.0 Å². The summed E-state index contributed by atoms with van der Waals surface area (Å²) in [5, 5.41) is 2.74. The highest BCUT2D eigenvalue weighted by molar-refractivity contribution is 5.92. The van der Waals surface area contributed by atoms with E-state index in [1.165, 1.54) is 6.26 Å². The summed E-state index contributed by atoms with van der Waals surface area (Å²) < 4.78 is 5.43. The van der Waals surface area contributed by atoms with Gasteiger partial charge in [0.25, 0.3) is 5.91 Å². The highest BCUT2D eigenvalue weighted by Crippen LogP contribution is 2.12. The number of carbonyl (C=O) groups excluding carboxylic acids is 1. The zero-order valence-corrected chi connectivity index (χ0v) is 14.3. The maximum absolute atomic E-state index is 11.9. The highest BCUT2D eigenvalue weighted by atomic mass is 16.3. The van der Waals surface area contributed by atoms with Crippen molar-refractivity contribution in [1.29, 1.82) is 0 Å². The third-order valence-electron chi connectivity index (χ3n) is 3.90. The molecule has 0 atom stereocenters. The molecule has 132 valence electrons. The minimum atomic E-state index is -0.246. The van der Waals surface area contributed by atoms with Crippen molar-refractivity contribution in [3.8, 4) is 0 Å². The molecule has 2 aromatic heterocycles. The standard InChI is InChI=1S/C17H22N6O2/c1-13(2)10-20-16(24)14-12-25-15(21-14)11-22-6-8-23(9-7-22)17-18-4-3-5-19-17/h3-5,12H,1,6-11H2,2H3,(H,20,24). The van der Waals surface area contributed by atoms with E-state index in [1.807, 2.05) is 13.0 Å². The quantitative estimate of drug-likeness (QED) is 0.786. The number of rotatable bonds is 6. The van der Waals surface area contributed by atoms with E-state index < -0.39 is 0 Å². The van der Waals surface area contributed by atoms with Crippen LogP contribution in [0.3, 0.4) is 0 Å². The molecule has 0 radical (unpaired) electrons. The molecule has 3 heterocycles. The van der Waals surface area contributed by atoms with E-state index in [-0.39, 0.29) is 5.91 Å². The summed E-state index contributed by atoms with van der Waals surface area (Å²) in [6.45, 7) is 10.0. The minimum Gasteiger partial charge on any atom is -0.447 e. The molecule has 8 heteroatoms. The smallest absolute Gasteiger partial charge is 0.273 e. The first-order chi connectivity index (χ1) is 12.1. The van der Waals surface area contributed by atoms with Gasteiger partial charge in [-0.1, -0.05) is 12.2 Å². The molecular formula is C17H22N6O2. The molecule has 1 N–H and O–H groups in total. The van der Waals surface area contributed by atoms with Gasteiger partial charge >= 0.3 is 0 Å². The Balaban J connectivity index is 1.49. The van der Waals surface area contributed by atoms with Crippen LogP contribution in [0.4, 0.5) is 5.95 Å². The van der Waals surface area contributed by atoms with Crippen molar-refractivity contribution < 1.29 is 9.21 Å². The van der Waals surface area contributed by atoms with Crippen molar-refractivity contribution >= 4 is 11.9 Å². The molecule has 8 nitrogen and oxygen atoms in total. The van der Waals surface area contributed by atoms with Crippen LogP contribution in [0, 0.1) is 0 Å². The van der Waals surface area contributed by atoms with E-state index in [4.69, 9.17) is 4.42 Å². The van der Waals surface area contributed by atoms with Crippen LogP contribution in [0.5, 0.6) is 0 Å². The van der Waals surface area contributed by atoms with E-state index in [2.05, 4.69) is 36.6 Å². The molecule has 25 heavy (non-hydrogen) atoms. The Bertz CT molecular complexity index is 722. The largest absolute Gasteiger partial charge is 0.447 e. The fourth-order valence-electron chi connectivity index (χ4n) is 2.56. The van der Waals surface area contributed by atoms with Gasteiger partial charge < -0.3 is 14.6 Å². The van der Waals surface area contributed by atoms with Gasteiger partial charge in [0, 0.05) is 45.1 Å². The van der Waals surface area contributed by atoms with Crippen LogP contribution >= 0.6 is 0 Å². The van der Waals surface area contributed by atoms with Gasteiger partial charge in [-0.05, 0) is 13.0 Å². The second-order valence-corrected chi connectivity index (χ2v) is 6.08. The Morgan fingerprint density at radius 1 is 1.28 bits per heavy atom. The van der Waals surface area contributed by atoms with Crippen LogP contribution in [0.1, 0.15) is 23.3 Å². The first-order valence-corrected chi connectivity index (χ1v) is 8.23. The van der Waals surface area contributed by atoms with E-state index in [1.54, 1.807) is 12.4 Å². The van der Waals surface area contributed by atoms with E-state index in [0.29, 0.717) is 24.7 Å². The van der Waals surface area contributed by atoms with Crippen LogP contribution in [-0.2, 0) is 6.54 Å². The van der Waals surface area contributed by atoms with Crippen molar-refractivity contribution in [2.75, 3.05) is 37.6 Å². The van der Waals surface area contributed by atoms with Crippen LogP contribution in [0.15, 0.2) is 41.3 Å². The van der Waals surface area contributed by atoms with Crippen LogP contribution in [0.2, 0.25) is 0 Å². The number of piperazine rings is 1. The molecule has 0 bridgehead atoms. The first kappa shape index (κ1) is 17.1. The molecule has 0 saturated carbocycles. The molecule has 3 rings (SSSR count). The summed E-state index contributed by atoms with van der Waals surface area (Å²) in [6, 6.07) is 1.81. The van der Waals surface area contributed by atoms with E-state index in [9.17, 15) is 4.79 Å². The van der Waals surface area contributed by atoms with Gasteiger partial charge in [-0.3, -0.25) is 9.69 Å². The van der Waals surface area contributed by atoms with Gasteiger partial charge in [0.1, 0.15) is 6.26 Å². The lowest BCUT2D eigenvalue weighted by atomic mass is 10.3. The molecule has 1 amide bonds. The molecule has 0 aliphatic carbocycles. The van der Waals surface area contributed by atoms with Gasteiger partial charge in [-0.15, -0.1) is 0 Å². The lowest BCUT2D eigenvalue weighted by Gasteiger charge is -2.33. The summed E-state index contributed by atoms with van der Waals surface area (Å²) in [5.41, 5.74) is 1.19. The molecule has 2 aromatic rings. The molecule has 1 fully saturated rings. The van der Waals surface area contributed by atoms with Crippen molar-refractivity contribution in [2.24, 2.45) is 0 Å². The Morgan fingerprint density at radius 2 is 2.00 bits per heavy atom. The van der Waals surface area contributed by atoms with Gasteiger partial charge in [0.2, 0.25) is 11.8 Å². The number of anilines is 1. The SMILES string of the molecule is C=C(C)CNC(=O)c1coc(CN2CCN(c3ncccn3)CC2)n1. The minimum absolute atomic E-state index is 0.246. The number of nitrogens with zero attached hydrogens (tertiary/aromatic N) is 5. The summed E-state index contributed by atoms with van der Waals surface area (Å²) in [5.74, 6) is 1.06. The zero-order chi connectivity index (χ0) is 17.6. The van der Waals surface area contributed by atoms with Crippen LogP contribution < -0.4 is 10.2 Å². The average Bonchev–Trinajstić information content (AvgIpc) is 3.09. The summed E-state index contributed by atoms with van der Waals surface area (Å²) >= 11 is 0. The Labute approximate surface area is 146 Å². The van der Waals surface area contributed by atoms with Crippen molar-refractivity contribution in [2.45, 2.75) is 13.5 Å². The monoisotopic (exact) mass is 342 g/mol. The number of carbonyl (C=O) groups is 1. The van der Waals surface area contributed by atoms with Crippen LogP contribution in [0.25, 0.3) is 0 Å². The second kappa shape index (κ2) is 7.89. The summed E-state index contributed by atoms with van der Waals surface area (Å²) in [4.78, 5) is 29.2. The maximum atomic E-state index is 11.9. The number of amides is 1. The summed E-state index contributed by atoms with van der Waals surface area (Å²) in [6.07, 6.45) is 4.90. The molecule has 0 aromatic carbocycles. The molecule has 1 aliphatic heterocycles. The lowest BCUT2D eigenvalue weighted by molar-refractivity contribution is 0.0952. The highest BCUT2D eigenvalue weighted by Gasteiger charge is 2.21. The van der Waals surface area contributed by atoms with E-state index >= 15 is 0 Å². The molecule has 0 spiro atoms. The van der Waals surface area contributed by atoms with Crippen LogP contribution in [-0.4, -0.2) is 58.5 Å². The van der Waals surface area contributed by atoms with Gasteiger partial charge in [-0.2, -0.15) is 0 Å². The Kier molecular flexibility index (Phi) is 5.39. The molecule has 1 saturated heterocycles. The van der Waals surface area contributed by atoms with Crippen molar-refractivity contribution in [3.63, 3.8) is 0 Å². The maximum Gasteiger partial charge on any atom is 0.273 e. The van der Waals surface area contributed by atoms with Gasteiger partial charge in [0.05, 0.1) is 6.54 Å². The fourth-order valence-corrected chi connectivity index (χ4v) is 2.56. The predicted octanol–water partition coefficient (Wildman–Crippen LogP) is 1.09. The number of aromatic nitrogens is 3. The van der Waals surface area contributed by atoms with E-state index in [0.717, 1.165) is 37.7 Å². The average molecular weight is 342 g/mol. The Morgan fingerprint density at radius 3 is 2.68 bits per heavy atom. The normalized spacial score (nSPS) is 15.2. The molecule has 1 aliphatic rings. The summed E-state index contributed by atoms with van der Waals surface area (Å²) in [7, 11) is 0. The van der Waals surface area contributed by atoms with Gasteiger partial charge in [0.15, 0.2) is 5.69 Å². The fraction of sp³-hybridized carbons (Fsp3) is 0.412. The lowest BCUT2D eigenvalue weighted by Crippen LogP contribution is -2.46. The molecular weight excluding hydrogens is 320 g/mol. The molecule has 0 unspecified atom stereocenters. The topological polar surface area (TPSA) is 87.4 Å². The number of nitrogens with one attached hydrogen (secondary N) is 1. The van der Waals surface area contributed by atoms with Crippen molar-refractivity contribution in [3.05, 3.63) is 48.5 Å². The third kappa shape index (κ3) is 4.63. The van der Waals surface area contributed by atoms with Crippen molar-refractivity contribution in [1.82, 2.24) is 25.2 Å². The first-order valence-electron chi connectivity index (χ1n) is 8.23. The number of hydrogen-bond acceptors (Lipinski definition) is 7. The number of hydrogen-bond donors (Lipinski definition) is 1. The Hall–Kier alpha value is -2.74. The third-order valence-corrected chi connectivity index (χ3v) is 3.90. The number of oxazole rings is 1. The second-order valence-electron chi connectivity index (χ2n) is 6.08. The predicted molar refractivity (Wildman–Crippen MR) is 93.2 cm³/mol.